The number of ether oxygens (including phenoxy) is 2. The number of pyridine rings is 1. The molecule has 0 spiro atoms. The van der Waals surface area contributed by atoms with E-state index in [2.05, 4.69) is 20.1 Å². The second-order valence-corrected chi connectivity index (χ2v) is 8.06. The van der Waals surface area contributed by atoms with Gasteiger partial charge in [0.25, 0.3) is 0 Å². The lowest BCUT2D eigenvalue weighted by atomic mass is 9.87. The number of aliphatic carboxylic acids is 1. The molecule has 0 bridgehead atoms. The van der Waals surface area contributed by atoms with Crippen molar-refractivity contribution < 1.29 is 24.2 Å². The molecule has 1 amide bonds. The van der Waals surface area contributed by atoms with Gasteiger partial charge in [0, 0.05) is 20.6 Å². The number of carbonyl (C=O) groups is 2. The van der Waals surface area contributed by atoms with E-state index in [-0.39, 0.29) is 18.5 Å². The van der Waals surface area contributed by atoms with E-state index >= 15 is 0 Å². The summed E-state index contributed by atoms with van der Waals surface area (Å²) >= 11 is 0. The van der Waals surface area contributed by atoms with Gasteiger partial charge < -0.3 is 24.3 Å². The zero-order chi connectivity index (χ0) is 24.0. The Morgan fingerprint density at radius 2 is 2.15 bits per heavy atom. The van der Waals surface area contributed by atoms with Crippen LogP contribution in [0.1, 0.15) is 44.7 Å². The molecule has 176 valence electrons. The SMILES string of the molecule is [C-]#[N+]c1nc(-c2nnn(C)c2COC(=O)N(C)CCC)ccc1O[C@H]1CCC[C@H](C(=O)O)C1. The number of rotatable bonds is 8. The highest BCUT2D eigenvalue weighted by molar-refractivity contribution is 5.70. The quantitative estimate of drug-likeness (QED) is 0.599. The summed E-state index contributed by atoms with van der Waals surface area (Å²) in [7, 11) is 3.35. The van der Waals surface area contributed by atoms with Gasteiger partial charge in [-0.3, -0.25) is 4.79 Å². The van der Waals surface area contributed by atoms with Crippen LogP contribution in [0, 0.1) is 12.5 Å². The molecule has 1 fully saturated rings. The maximum absolute atomic E-state index is 12.1. The summed E-state index contributed by atoms with van der Waals surface area (Å²) < 4.78 is 12.8. The molecule has 11 nitrogen and oxygen atoms in total. The van der Waals surface area contributed by atoms with E-state index in [1.165, 1.54) is 9.58 Å². The van der Waals surface area contributed by atoms with Crippen molar-refractivity contribution in [2.45, 2.75) is 51.7 Å². The van der Waals surface area contributed by atoms with Gasteiger partial charge >= 0.3 is 17.9 Å². The third-order valence-electron chi connectivity index (χ3n) is 5.60. The van der Waals surface area contributed by atoms with Crippen molar-refractivity contribution in [2.75, 3.05) is 13.6 Å². The van der Waals surface area contributed by atoms with Crippen molar-refractivity contribution in [3.05, 3.63) is 29.2 Å². The molecular weight excluding hydrogens is 428 g/mol. The first-order valence-corrected chi connectivity index (χ1v) is 10.9. The van der Waals surface area contributed by atoms with E-state index in [9.17, 15) is 14.7 Å². The number of aromatic nitrogens is 4. The number of carboxylic acid groups (broad SMARTS) is 1. The normalized spacial score (nSPS) is 17.8. The minimum Gasteiger partial charge on any atom is -0.500 e. The van der Waals surface area contributed by atoms with E-state index in [0.717, 1.165) is 19.3 Å². The predicted octanol–water partition coefficient (Wildman–Crippen LogP) is 3.43. The number of carboxylic acids is 1. The fourth-order valence-electron chi connectivity index (χ4n) is 3.80. The molecule has 2 aromatic heterocycles. The zero-order valence-electron chi connectivity index (χ0n) is 19.0. The molecule has 1 aliphatic rings. The van der Waals surface area contributed by atoms with Crippen LogP contribution >= 0.6 is 0 Å². The number of hydrogen-bond donors (Lipinski definition) is 1. The molecule has 33 heavy (non-hydrogen) atoms. The molecule has 0 aliphatic heterocycles. The lowest BCUT2D eigenvalue weighted by Gasteiger charge is -2.27. The van der Waals surface area contributed by atoms with Crippen LogP contribution < -0.4 is 4.74 Å². The number of nitrogens with zero attached hydrogens (tertiary/aromatic N) is 6. The van der Waals surface area contributed by atoms with Crippen LogP contribution in [-0.2, 0) is 23.2 Å². The summed E-state index contributed by atoms with van der Waals surface area (Å²) in [4.78, 5) is 32.8. The molecule has 0 aromatic carbocycles. The van der Waals surface area contributed by atoms with Crippen LogP contribution in [-0.4, -0.2) is 61.7 Å². The molecule has 1 aliphatic carbocycles. The molecule has 0 unspecified atom stereocenters. The van der Waals surface area contributed by atoms with Crippen LogP contribution in [0.15, 0.2) is 12.1 Å². The molecule has 1 N–H and O–H groups in total. The van der Waals surface area contributed by atoms with Crippen molar-refractivity contribution in [3.63, 3.8) is 0 Å². The average Bonchev–Trinajstić information content (AvgIpc) is 3.18. The van der Waals surface area contributed by atoms with Crippen molar-refractivity contribution in [3.8, 4) is 17.1 Å². The highest BCUT2D eigenvalue weighted by Crippen LogP contribution is 2.34. The number of hydrogen-bond acceptors (Lipinski definition) is 7. The van der Waals surface area contributed by atoms with Crippen molar-refractivity contribution in [1.29, 1.82) is 0 Å². The molecule has 3 rings (SSSR count). The Morgan fingerprint density at radius 3 is 2.85 bits per heavy atom. The van der Waals surface area contributed by atoms with Crippen LogP contribution in [0.25, 0.3) is 16.2 Å². The molecule has 2 heterocycles. The third-order valence-corrected chi connectivity index (χ3v) is 5.60. The summed E-state index contributed by atoms with van der Waals surface area (Å²) in [6.07, 6.45) is 2.62. The smallest absolute Gasteiger partial charge is 0.409 e. The maximum atomic E-state index is 12.1. The lowest BCUT2D eigenvalue weighted by Crippen LogP contribution is -2.29. The van der Waals surface area contributed by atoms with Gasteiger partial charge in [0.2, 0.25) is 0 Å². The van der Waals surface area contributed by atoms with E-state index < -0.39 is 18.0 Å². The van der Waals surface area contributed by atoms with Crippen LogP contribution in [0.5, 0.6) is 5.75 Å². The molecule has 11 heteroatoms. The number of carbonyl (C=O) groups excluding carboxylic acids is 1. The first kappa shape index (κ1) is 24.0. The Labute approximate surface area is 192 Å². The third kappa shape index (κ3) is 5.77. The Balaban J connectivity index is 1.76. The van der Waals surface area contributed by atoms with Gasteiger partial charge in [-0.15, -0.1) is 10.1 Å². The minimum absolute atomic E-state index is 0.0440. The first-order valence-electron chi connectivity index (χ1n) is 10.9. The van der Waals surface area contributed by atoms with Gasteiger partial charge in [0.05, 0.1) is 12.0 Å². The first-order chi connectivity index (χ1) is 15.8. The minimum atomic E-state index is -0.820. The second-order valence-electron chi connectivity index (χ2n) is 8.06. The Morgan fingerprint density at radius 1 is 1.36 bits per heavy atom. The summed E-state index contributed by atoms with van der Waals surface area (Å²) in [5.41, 5.74) is 1.35. The number of amides is 1. The molecule has 2 atom stereocenters. The fraction of sp³-hybridized carbons (Fsp3) is 0.545. The van der Waals surface area contributed by atoms with Crippen molar-refractivity contribution in [2.24, 2.45) is 13.0 Å². The summed E-state index contributed by atoms with van der Waals surface area (Å²) in [6, 6.07) is 3.31. The van der Waals surface area contributed by atoms with Crippen LogP contribution in [0.3, 0.4) is 0 Å². The van der Waals surface area contributed by atoms with Crippen molar-refractivity contribution in [1.82, 2.24) is 24.9 Å². The van der Waals surface area contributed by atoms with E-state index in [4.69, 9.17) is 16.0 Å². The average molecular weight is 457 g/mol. The monoisotopic (exact) mass is 456 g/mol. The van der Waals surface area contributed by atoms with E-state index in [0.29, 0.717) is 42.2 Å². The molecular formula is C22H28N6O5. The lowest BCUT2D eigenvalue weighted by molar-refractivity contribution is -0.143. The van der Waals surface area contributed by atoms with Gasteiger partial charge in [-0.1, -0.05) is 18.7 Å². The molecule has 0 saturated heterocycles. The standard InChI is InChI=1S/C22H28N6O5/c1-5-11-27(3)22(31)32-13-17-19(25-26-28(17)4)16-9-10-18(20(23-2)24-16)33-15-8-6-7-14(12-15)21(29)30/h9-10,14-15H,5-8,11-13H2,1,3-4H3,(H,29,30)/t14-,15-/m0/s1. The Hall–Kier alpha value is -3.68. The summed E-state index contributed by atoms with van der Waals surface area (Å²) in [5.74, 6) is -0.892. The maximum Gasteiger partial charge on any atom is 0.409 e. The number of aryl methyl sites for hydroxylation is 1. The Kier molecular flexibility index (Phi) is 7.82. The highest BCUT2D eigenvalue weighted by atomic mass is 16.6. The van der Waals surface area contributed by atoms with E-state index in [1.54, 1.807) is 26.2 Å². The highest BCUT2D eigenvalue weighted by Gasteiger charge is 2.29. The molecule has 0 radical (unpaired) electrons. The van der Waals surface area contributed by atoms with Gasteiger partial charge in [0.1, 0.15) is 18.1 Å². The van der Waals surface area contributed by atoms with Crippen molar-refractivity contribution >= 4 is 17.9 Å². The molecule has 1 saturated carbocycles. The summed E-state index contributed by atoms with van der Waals surface area (Å²) in [5, 5.41) is 17.4. The fourth-order valence-corrected chi connectivity index (χ4v) is 3.80. The van der Waals surface area contributed by atoms with Crippen LogP contribution in [0.2, 0.25) is 0 Å². The predicted molar refractivity (Wildman–Crippen MR) is 118 cm³/mol. The topological polar surface area (TPSA) is 124 Å². The van der Waals surface area contributed by atoms with Gasteiger partial charge in [-0.25, -0.2) is 9.48 Å². The van der Waals surface area contributed by atoms with Gasteiger partial charge in [-0.2, -0.15) is 0 Å². The molecule has 2 aromatic rings. The Bertz CT molecular complexity index is 1050. The van der Waals surface area contributed by atoms with Gasteiger partial charge in [-0.05, 0) is 44.2 Å². The summed E-state index contributed by atoms with van der Waals surface area (Å²) in [6.45, 7) is 10.0. The largest absolute Gasteiger partial charge is 0.500 e. The zero-order valence-corrected chi connectivity index (χ0v) is 19.0. The second kappa shape index (κ2) is 10.8. The van der Waals surface area contributed by atoms with Crippen LogP contribution in [0.4, 0.5) is 10.6 Å². The van der Waals surface area contributed by atoms with Gasteiger partial charge in [0.15, 0.2) is 11.4 Å². The van der Waals surface area contributed by atoms with E-state index in [1.807, 2.05) is 6.92 Å².